The molecule has 1 fully saturated rings. The first-order chi connectivity index (χ1) is 9.70. The van der Waals surface area contributed by atoms with Crippen molar-refractivity contribution in [3.63, 3.8) is 0 Å². The molecule has 0 aliphatic carbocycles. The number of aliphatic hydroxyl groups excluding tert-OH is 3. The Kier molecular flexibility index (Phi) is 9.05. The van der Waals surface area contributed by atoms with Crippen LogP contribution in [-0.4, -0.2) is 53.1 Å². The Balaban J connectivity index is 1.98. The van der Waals surface area contributed by atoms with Crippen LogP contribution in [0.25, 0.3) is 0 Å². The van der Waals surface area contributed by atoms with Gasteiger partial charge in [0.05, 0.1) is 6.61 Å². The molecule has 0 aromatic carbocycles. The summed E-state index contributed by atoms with van der Waals surface area (Å²) in [4.78, 5) is 0. The summed E-state index contributed by atoms with van der Waals surface area (Å²) in [7, 11) is 0. The standard InChI is InChI=1S/C15H28O5/c1-2-3-4-5-6-7-8-9-10-19-15-14(18)13(17)12(11-16)20-15/h2,12-18H,1,3-11H2. The number of ether oxygens (including phenoxy) is 2. The molecular formula is C15H28O5. The van der Waals surface area contributed by atoms with Crippen molar-refractivity contribution in [1.29, 1.82) is 0 Å². The van der Waals surface area contributed by atoms with Crippen LogP contribution in [0.3, 0.4) is 0 Å². The zero-order valence-corrected chi connectivity index (χ0v) is 12.1. The molecule has 1 aliphatic heterocycles. The molecule has 1 saturated heterocycles. The van der Waals surface area contributed by atoms with Crippen molar-refractivity contribution in [3.8, 4) is 0 Å². The Morgan fingerprint density at radius 1 is 1.00 bits per heavy atom. The molecule has 0 saturated carbocycles. The van der Waals surface area contributed by atoms with E-state index in [9.17, 15) is 10.2 Å². The summed E-state index contributed by atoms with van der Waals surface area (Å²) in [5.74, 6) is 0. The van der Waals surface area contributed by atoms with Crippen LogP contribution in [0, 0.1) is 0 Å². The maximum absolute atomic E-state index is 9.66. The average Bonchev–Trinajstić information content (AvgIpc) is 2.73. The van der Waals surface area contributed by atoms with Gasteiger partial charge < -0.3 is 24.8 Å². The lowest BCUT2D eigenvalue weighted by Gasteiger charge is -2.15. The molecule has 3 N–H and O–H groups in total. The maximum Gasteiger partial charge on any atom is 0.186 e. The lowest BCUT2D eigenvalue weighted by molar-refractivity contribution is -0.169. The number of allylic oxidation sites excluding steroid dienone is 1. The van der Waals surface area contributed by atoms with E-state index in [0.29, 0.717) is 6.61 Å². The van der Waals surface area contributed by atoms with Gasteiger partial charge in [-0.2, -0.15) is 0 Å². The average molecular weight is 288 g/mol. The molecule has 5 heteroatoms. The van der Waals surface area contributed by atoms with Crippen LogP contribution in [0.1, 0.15) is 44.9 Å². The van der Waals surface area contributed by atoms with E-state index in [0.717, 1.165) is 19.3 Å². The van der Waals surface area contributed by atoms with Gasteiger partial charge in [-0.05, 0) is 19.3 Å². The summed E-state index contributed by atoms with van der Waals surface area (Å²) in [6.07, 6.45) is 6.16. The van der Waals surface area contributed by atoms with Gasteiger partial charge in [-0.15, -0.1) is 6.58 Å². The van der Waals surface area contributed by atoms with E-state index in [-0.39, 0.29) is 6.61 Å². The minimum Gasteiger partial charge on any atom is -0.394 e. The number of unbranched alkanes of at least 4 members (excludes halogenated alkanes) is 6. The predicted octanol–water partition coefficient (Wildman–Crippen LogP) is 1.36. The van der Waals surface area contributed by atoms with Gasteiger partial charge in [-0.1, -0.05) is 31.8 Å². The van der Waals surface area contributed by atoms with Crippen LogP contribution >= 0.6 is 0 Å². The van der Waals surface area contributed by atoms with E-state index in [1.165, 1.54) is 25.7 Å². The zero-order valence-electron chi connectivity index (χ0n) is 12.1. The van der Waals surface area contributed by atoms with E-state index in [4.69, 9.17) is 14.6 Å². The summed E-state index contributed by atoms with van der Waals surface area (Å²) in [6.45, 7) is 3.88. The van der Waals surface area contributed by atoms with Crippen molar-refractivity contribution < 1.29 is 24.8 Å². The summed E-state index contributed by atoms with van der Waals surface area (Å²) < 4.78 is 10.6. The third kappa shape index (κ3) is 5.89. The second-order valence-electron chi connectivity index (χ2n) is 5.28. The van der Waals surface area contributed by atoms with E-state index < -0.39 is 24.6 Å². The van der Waals surface area contributed by atoms with Crippen LogP contribution in [0.5, 0.6) is 0 Å². The highest BCUT2D eigenvalue weighted by Gasteiger charge is 2.42. The fourth-order valence-corrected chi connectivity index (χ4v) is 2.30. The topological polar surface area (TPSA) is 79.2 Å². The van der Waals surface area contributed by atoms with Crippen molar-refractivity contribution in [1.82, 2.24) is 0 Å². The Bertz CT molecular complexity index is 259. The molecule has 0 amide bonds. The molecule has 0 aromatic rings. The third-order valence-electron chi connectivity index (χ3n) is 3.58. The lowest BCUT2D eigenvalue weighted by Crippen LogP contribution is -2.34. The quantitative estimate of drug-likeness (QED) is 0.395. The van der Waals surface area contributed by atoms with Crippen molar-refractivity contribution in [3.05, 3.63) is 12.7 Å². The summed E-state index contributed by atoms with van der Waals surface area (Å²) in [5.41, 5.74) is 0. The molecule has 0 radical (unpaired) electrons. The number of rotatable bonds is 11. The molecule has 4 unspecified atom stereocenters. The van der Waals surface area contributed by atoms with Gasteiger partial charge in [0.1, 0.15) is 18.3 Å². The van der Waals surface area contributed by atoms with E-state index in [2.05, 4.69) is 6.58 Å². The largest absolute Gasteiger partial charge is 0.394 e. The first-order valence-electron chi connectivity index (χ1n) is 7.55. The summed E-state index contributed by atoms with van der Waals surface area (Å²) in [6, 6.07) is 0. The zero-order chi connectivity index (χ0) is 14.8. The third-order valence-corrected chi connectivity index (χ3v) is 3.58. The van der Waals surface area contributed by atoms with Crippen molar-refractivity contribution >= 4 is 0 Å². The highest BCUT2D eigenvalue weighted by Crippen LogP contribution is 2.22. The van der Waals surface area contributed by atoms with Gasteiger partial charge in [0.25, 0.3) is 0 Å². The SMILES string of the molecule is C=CCCCCCCCCOC1OC(CO)C(O)C1O. The molecule has 5 nitrogen and oxygen atoms in total. The van der Waals surface area contributed by atoms with E-state index >= 15 is 0 Å². The van der Waals surface area contributed by atoms with Gasteiger partial charge in [0.2, 0.25) is 0 Å². The van der Waals surface area contributed by atoms with Gasteiger partial charge in [-0.25, -0.2) is 0 Å². The number of hydrogen-bond acceptors (Lipinski definition) is 5. The second-order valence-corrected chi connectivity index (χ2v) is 5.28. The van der Waals surface area contributed by atoms with Crippen molar-refractivity contribution in [2.75, 3.05) is 13.2 Å². The number of aliphatic hydroxyl groups is 3. The smallest absolute Gasteiger partial charge is 0.186 e. The molecule has 1 heterocycles. The molecule has 1 rings (SSSR count). The summed E-state index contributed by atoms with van der Waals surface area (Å²) >= 11 is 0. The van der Waals surface area contributed by atoms with Crippen LogP contribution in [0.15, 0.2) is 12.7 Å². The molecule has 0 spiro atoms. The first kappa shape index (κ1) is 17.6. The van der Waals surface area contributed by atoms with Crippen molar-refractivity contribution in [2.45, 2.75) is 69.5 Å². The van der Waals surface area contributed by atoms with Crippen LogP contribution in [0.2, 0.25) is 0 Å². The predicted molar refractivity (Wildman–Crippen MR) is 76.2 cm³/mol. The Hall–Kier alpha value is -0.460. The van der Waals surface area contributed by atoms with E-state index in [1.54, 1.807) is 0 Å². The minimum absolute atomic E-state index is 0.317. The Labute approximate surface area is 121 Å². The van der Waals surface area contributed by atoms with Crippen LogP contribution in [0.4, 0.5) is 0 Å². The van der Waals surface area contributed by atoms with Gasteiger partial charge in [0.15, 0.2) is 6.29 Å². The molecule has 0 aromatic heterocycles. The van der Waals surface area contributed by atoms with Crippen LogP contribution < -0.4 is 0 Å². The Morgan fingerprint density at radius 2 is 1.65 bits per heavy atom. The highest BCUT2D eigenvalue weighted by atomic mass is 16.7. The fourth-order valence-electron chi connectivity index (χ4n) is 2.30. The van der Waals surface area contributed by atoms with Gasteiger partial charge >= 0.3 is 0 Å². The van der Waals surface area contributed by atoms with Gasteiger partial charge in [0, 0.05) is 6.61 Å². The maximum atomic E-state index is 9.66. The molecule has 0 bridgehead atoms. The van der Waals surface area contributed by atoms with Crippen LogP contribution in [-0.2, 0) is 9.47 Å². The highest BCUT2D eigenvalue weighted by molar-refractivity contribution is 4.86. The first-order valence-corrected chi connectivity index (χ1v) is 7.55. The Morgan fingerprint density at radius 3 is 2.25 bits per heavy atom. The van der Waals surface area contributed by atoms with E-state index in [1.807, 2.05) is 6.08 Å². The molecule has 20 heavy (non-hydrogen) atoms. The van der Waals surface area contributed by atoms with Gasteiger partial charge in [-0.3, -0.25) is 0 Å². The number of hydrogen-bond donors (Lipinski definition) is 3. The second kappa shape index (κ2) is 10.3. The normalized spacial score (nSPS) is 29.8. The molecule has 4 atom stereocenters. The minimum atomic E-state index is -1.08. The summed E-state index contributed by atoms with van der Waals surface area (Å²) in [5, 5.41) is 28.2. The lowest BCUT2D eigenvalue weighted by atomic mass is 10.1. The molecule has 118 valence electrons. The monoisotopic (exact) mass is 288 g/mol. The molecular weight excluding hydrogens is 260 g/mol. The van der Waals surface area contributed by atoms with Crippen molar-refractivity contribution in [2.24, 2.45) is 0 Å². The molecule has 1 aliphatic rings. The fraction of sp³-hybridized carbons (Fsp3) is 0.867.